The molecule has 1 unspecified atom stereocenters. The Morgan fingerprint density at radius 3 is 2.65 bits per heavy atom. The molecule has 3 rings (SSSR count). The Labute approximate surface area is 153 Å². The molecule has 0 aromatic heterocycles. The smallest absolute Gasteiger partial charge is 0.260 e. The third kappa shape index (κ3) is 4.54. The topological polar surface area (TPSA) is 47.6 Å². The summed E-state index contributed by atoms with van der Waals surface area (Å²) < 4.78 is 11.5. The van der Waals surface area contributed by atoms with Gasteiger partial charge in [-0.25, -0.2) is 0 Å². The molecule has 1 N–H and O–H groups in total. The van der Waals surface area contributed by atoms with Crippen molar-refractivity contribution >= 4 is 16.7 Å². The third-order valence-corrected chi connectivity index (χ3v) is 4.08. The van der Waals surface area contributed by atoms with E-state index in [0.717, 1.165) is 22.1 Å². The fourth-order valence-corrected chi connectivity index (χ4v) is 2.73. The number of amides is 1. The highest BCUT2D eigenvalue weighted by Crippen LogP contribution is 2.26. The lowest BCUT2D eigenvalue weighted by Gasteiger charge is -2.16. The molecule has 26 heavy (non-hydrogen) atoms. The van der Waals surface area contributed by atoms with Crippen molar-refractivity contribution in [2.75, 3.05) is 13.2 Å². The zero-order chi connectivity index (χ0) is 18.4. The van der Waals surface area contributed by atoms with Crippen molar-refractivity contribution in [3.05, 3.63) is 72.3 Å². The van der Waals surface area contributed by atoms with Crippen molar-refractivity contribution in [2.24, 2.45) is 0 Å². The number of fused-ring (bicyclic) bond motifs is 1. The molecule has 0 saturated heterocycles. The average molecular weight is 349 g/mol. The summed E-state index contributed by atoms with van der Waals surface area (Å²) in [6, 6.07) is 21.6. The van der Waals surface area contributed by atoms with Crippen LogP contribution in [0.2, 0.25) is 0 Å². The molecule has 134 valence electrons. The van der Waals surface area contributed by atoms with E-state index >= 15 is 0 Å². The van der Waals surface area contributed by atoms with E-state index in [0.29, 0.717) is 18.9 Å². The Balaban J connectivity index is 1.50. The standard InChI is InChI=1S/C22H23NO3/c1-16-7-5-10-19(15-16)25-14-13-23-22(24)17(2)26-21-12-6-9-18-8-3-4-11-20(18)21/h3-12,15,17H,13-14H2,1-2H3,(H,23,24). The molecule has 1 amide bonds. The maximum absolute atomic E-state index is 12.3. The van der Waals surface area contributed by atoms with E-state index in [1.165, 1.54) is 0 Å². The first-order valence-corrected chi connectivity index (χ1v) is 8.75. The number of hydrogen-bond acceptors (Lipinski definition) is 3. The SMILES string of the molecule is Cc1cccc(OCCNC(=O)C(C)Oc2cccc3ccccc23)c1. The van der Waals surface area contributed by atoms with Crippen LogP contribution in [0, 0.1) is 6.92 Å². The fraction of sp³-hybridized carbons (Fsp3) is 0.227. The minimum Gasteiger partial charge on any atom is -0.492 e. The molecule has 0 aliphatic carbocycles. The van der Waals surface area contributed by atoms with Gasteiger partial charge in [-0.2, -0.15) is 0 Å². The normalized spacial score (nSPS) is 11.8. The molecule has 1 atom stereocenters. The Kier molecular flexibility index (Phi) is 5.74. The molecule has 0 aliphatic rings. The van der Waals surface area contributed by atoms with Gasteiger partial charge in [-0.1, -0.05) is 48.5 Å². The first-order valence-electron chi connectivity index (χ1n) is 8.75. The number of ether oxygens (including phenoxy) is 2. The summed E-state index contributed by atoms with van der Waals surface area (Å²) in [5, 5.41) is 4.93. The van der Waals surface area contributed by atoms with Gasteiger partial charge >= 0.3 is 0 Å². The molecule has 0 radical (unpaired) electrons. The van der Waals surface area contributed by atoms with Gasteiger partial charge in [0.25, 0.3) is 5.91 Å². The van der Waals surface area contributed by atoms with Gasteiger partial charge in [-0.05, 0) is 43.0 Å². The van der Waals surface area contributed by atoms with E-state index in [-0.39, 0.29) is 5.91 Å². The van der Waals surface area contributed by atoms with Crippen LogP contribution < -0.4 is 14.8 Å². The first-order chi connectivity index (χ1) is 12.6. The number of nitrogens with one attached hydrogen (secondary N) is 1. The molecule has 0 aliphatic heterocycles. The lowest BCUT2D eigenvalue weighted by atomic mass is 10.1. The van der Waals surface area contributed by atoms with E-state index in [2.05, 4.69) is 5.32 Å². The van der Waals surface area contributed by atoms with E-state index in [1.54, 1.807) is 6.92 Å². The summed E-state index contributed by atoms with van der Waals surface area (Å²) >= 11 is 0. The van der Waals surface area contributed by atoms with Crippen LogP contribution in [0.15, 0.2) is 66.7 Å². The Hall–Kier alpha value is -3.01. The monoisotopic (exact) mass is 349 g/mol. The molecule has 0 saturated carbocycles. The maximum Gasteiger partial charge on any atom is 0.260 e. The Morgan fingerprint density at radius 2 is 1.81 bits per heavy atom. The van der Waals surface area contributed by atoms with Gasteiger partial charge in [0.1, 0.15) is 18.1 Å². The second-order valence-corrected chi connectivity index (χ2v) is 6.19. The van der Waals surface area contributed by atoms with Gasteiger partial charge in [0, 0.05) is 5.39 Å². The fourth-order valence-electron chi connectivity index (χ4n) is 2.73. The van der Waals surface area contributed by atoms with Gasteiger partial charge in [-0.3, -0.25) is 4.79 Å². The molecule has 4 nitrogen and oxygen atoms in total. The van der Waals surface area contributed by atoms with Crippen LogP contribution in [0.25, 0.3) is 10.8 Å². The van der Waals surface area contributed by atoms with Crippen LogP contribution in [0.4, 0.5) is 0 Å². The average Bonchev–Trinajstić information content (AvgIpc) is 2.65. The van der Waals surface area contributed by atoms with Gasteiger partial charge in [-0.15, -0.1) is 0 Å². The molecule has 0 fully saturated rings. The van der Waals surface area contributed by atoms with E-state index in [4.69, 9.17) is 9.47 Å². The van der Waals surface area contributed by atoms with Crippen LogP contribution >= 0.6 is 0 Å². The summed E-state index contributed by atoms with van der Waals surface area (Å²) in [6.07, 6.45) is -0.584. The van der Waals surface area contributed by atoms with Crippen LogP contribution in [0.3, 0.4) is 0 Å². The third-order valence-electron chi connectivity index (χ3n) is 4.08. The van der Waals surface area contributed by atoms with Crippen molar-refractivity contribution in [1.29, 1.82) is 0 Å². The predicted octanol–water partition coefficient (Wildman–Crippen LogP) is 4.11. The van der Waals surface area contributed by atoms with Crippen LogP contribution in [0.1, 0.15) is 12.5 Å². The highest BCUT2D eigenvalue weighted by molar-refractivity contribution is 5.89. The number of carbonyl (C=O) groups is 1. The number of carbonyl (C=O) groups excluding carboxylic acids is 1. The molecule has 3 aromatic carbocycles. The van der Waals surface area contributed by atoms with Gasteiger partial charge in [0.15, 0.2) is 6.10 Å². The highest BCUT2D eigenvalue weighted by atomic mass is 16.5. The lowest BCUT2D eigenvalue weighted by Crippen LogP contribution is -2.38. The second kappa shape index (κ2) is 8.39. The highest BCUT2D eigenvalue weighted by Gasteiger charge is 2.15. The molecule has 4 heteroatoms. The minimum absolute atomic E-state index is 0.161. The van der Waals surface area contributed by atoms with Crippen LogP contribution in [-0.2, 0) is 4.79 Å². The summed E-state index contributed by atoms with van der Waals surface area (Å²) in [5.74, 6) is 1.35. The van der Waals surface area contributed by atoms with E-state index in [1.807, 2.05) is 73.7 Å². The molecule has 0 heterocycles. The van der Waals surface area contributed by atoms with Crippen molar-refractivity contribution < 1.29 is 14.3 Å². The zero-order valence-corrected chi connectivity index (χ0v) is 15.1. The van der Waals surface area contributed by atoms with Crippen molar-refractivity contribution in [3.8, 4) is 11.5 Å². The number of aryl methyl sites for hydroxylation is 1. The number of hydrogen-bond donors (Lipinski definition) is 1. The minimum atomic E-state index is -0.584. The number of rotatable bonds is 7. The first kappa shape index (κ1) is 17.8. The molecule has 0 bridgehead atoms. The molecular formula is C22H23NO3. The van der Waals surface area contributed by atoms with Gasteiger partial charge in [0.05, 0.1) is 6.54 Å². The van der Waals surface area contributed by atoms with E-state index < -0.39 is 6.10 Å². The molecule has 3 aromatic rings. The summed E-state index contributed by atoms with van der Waals surface area (Å²) in [6.45, 7) is 4.60. The second-order valence-electron chi connectivity index (χ2n) is 6.19. The predicted molar refractivity (Wildman–Crippen MR) is 104 cm³/mol. The largest absolute Gasteiger partial charge is 0.492 e. The summed E-state index contributed by atoms with van der Waals surface area (Å²) in [7, 11) is 0. The van der Waals surface area contributed by atoms with Gasteiger partial charge < -0.3 is 14.8 Å². The maximum atomic E-state index is 12.3. The van der Waals surface area contributed by atoms with Crippen molar-refractivity contribution in [1.82, 2.24) is 5.32 Å². The van der Waals surface area contributed by atoms with Crippen LogP contribution in [-0.4, -0.2) is 25.2 Å². The molecule has 0 spiro atoms. The van der Waals surface area contributed by atoms with Crippen molar-refractivity contribution in [3.63, 3.8) is 0 Å². The molecular weight excluding hydrogens is 326 g/mol. The summed E-state index contributed by atoms with van der Waals surface area (Å²) in [5.41, 5.74) is 1.14. The summed E-state index contributed by atoms with van der Waals surface area (Å²) in [4.78, 5) is 12.3. The number of benzene rings is 3. The van der Waals surface area contributed by atoms with E-state index in [9.17, 15) is 4.79 Å². The van der Waals surface area contributed by atoms with Gasteiger partial charge in [0.2, 0.25) is 0 Å². The Morgan fingerprint density at radius 1 is 1.04 bits per heavy atom. The Bertz CT molecular complexity index is 886. The zero-order valence-electron chi connectivity index (χ0n) is 15.1. The van der Waals surface area contributed by atoms with Crippen molar-refractivity contribution in [2.45, 2.75) is 20.0 Å². The van der Waals surface area contributed by atoms with Crippen LogP contribution in [0.5, 0.6) is 11.5 Å². The lowest BCUT2D eigenvalue weighted by molar-refractivity contribution is -0.127. The quantitative estimate of drug-likeness (QED) is 0.653.